The van der Waals surface area contributed by atoms with Gasteiger partial charge in [-0.05, 0) is 67.2 Å². The summed E-state index contributed by atoms with van der Waals surface area (Å²) in [6.45, 7) is 5.61. The maximum atomic E-state index is 11.8. The molecule has 2 rings (SSSR count). The van der Waals surface area contributed by atoms with Crippen LogP contribution in [-0.4, -0.2) is 23.4 Å². The lowest BCUT2D eigenvalue weighted by atomic mass is 9.96. The van der Waals surface area contributed by atoms with Gasteiger partial charge in [-0.15, -0.1) is 0 Å². The lowest BCUT2D eigenvalue weighted by molar-refractivity contribution is 0.0636. The van der Waals surface area contributed by atoms with E-state index in [9.17, 15) is 9.90 Å². The number of hydrogen-bond donors (Lipinski definition) is 2. The first-order chi connectivity index (χ1) is 9.26. The fraction of sp³-hybridized carbons (Fsp3) is 0.533. The summed E-state index contributed by atoms with van der Waals surface area (Å²) in [6.07, 6.45) is 1.48. The molecule has 0 heterocycles. The fourth-order valence-corrected chi connectivity index (χ4v) is 2.40. The van der Waals surface area contributed by atoms with Gasteiger partial charge < -0.3 is 9.84 Å². The van der Waals surface area contributed by atoms with E-state index in [0.717, 1.165) is 22.9 Å². The van der Waals surface area contributed by atoms with E-state index in [-0.39, 0.29) is 12.0 Å². The summed E-state index contributed by atoms with van der Waals surface area (Å²) in [5.41, 5.74) is 1.06. The third kappa shape index (κ3) is 3.52. The second-order valence-electron chi connectivity index (χ2n) is 6.26. The summed E-state index contributed by atoms with van der Waals surface area (Å²) in [7, 11) is 0. The molecule has 1 saturated carbocycles. The van der Waals surface area contributed by atoms with Crippen LogP contribution in [-0.2, 0) is 10.2 Å². The molecule has 0 bridgehead atoms. The van der Waals surface area contributed by atoms with Crippen LogP contribution in [0, 0.1) is 0 Å². The van der Waals surface area contributed by atoms with Gasteiger partial charge in [0, 0.05) is 9.89 Å². The van der Waals surface area contributed by atoms with Crippen LogP contribution in [0.15, 0.2) is 22.7 Å². The zero-order valence-electron chi connectivity index (χ0n) is 12.0. The molecule has 110 valence electrons. The van der Waals surface area contributed by atoms with Crippen LogP contribution in [0.4, 0.5) is 10.5 Å². The first-order valence-electron chi connectivity index (χ1n) is 6.67. The van der Waals surface area contributed by atoms with Crippen LogP contribution in [0.25, 0.3) is 0 Å². The molecule has 0 aromatic heterocycles. The molecule has 1 fully saturated rings. The Balaban J connectivity index is 2.15. The predicted molar refractivity (Wildman–Crippen MR) is 82.0 cm³/mol. The van der Waals surface area contributed by atoms with Gasteiger partial charge in [0.15, 0.2) is 0 Å². The molecule has 4 nitrogen and oxygen atoms in total. The van der Waals surface area contributed by atoms with Crippen molar-refractivity contribution in [1.82, 2.24) is 0 Å². The van der Waals surface area contributed by atoms with Crippen molar-refractivity contribution < 1.29 is 14.6 Å². The number of aliphatic hydroxyl groups excluding tert-OH is 1. The molecule has 20 heavy (non-hydrogen) atoms. The molecule has 2 N–H and O–H groups in total. The average molecular weight is 342 g/mol. The zero-order valence-corrected chi connectivity index (χ0v) is 13.6. The third-order valence-electron chi connectivity index (χ3n) is 3.37. The van der Waals surface area contributed by atoms with E-state index in [1.165, 1.54) is 0 Å². The molecule has 1 amide bonds. The van der Waals surface area contributed by atoms with Crippen LogP contribution >= 0.6 is 15.9 Å². The number of aliphatic hydroxyl groups is 1. The van der Waals surface area contributed by atoms with Crippen molar-refractivity contribution in [3.8, 4) is 0 Å². The van der Waals surface area contributed by atoms with Gasteiger partial charge in [-0.2, -0.15) is 0 Å². The minimum Gasteiger partial charge on any atom is -0.444 e. The summed E-state index contributed by atoms with van der Waals surface area (Å²) in [5, 5.41) is 12.2. The number of carbonyl (C=O) groups excluding carboxylic acids is 1. The van der Waals surface area contributed by atoms with Crippen molar-refractivity contribution in [1.29, 1.82) is 0 Å². The Bertz CT molecular complexity index is 518. The highest BCUT2D eigenvalue weighted by Crippen LogP contribution is 2.48. The van der Waals surface area contributed by atoms with E-state index in [2.05, 4.69) is 21.2 Å². The van der Waals surface area contributed by atoms with Crippen LogP contribution in [0.5, 0.6) is 0 Å². The smallest absolute Gasteiger partial charge is 0.412 e. The van der Waals surface area contributed by atoms with Gasteiger partial charge in [-0.25, -0.2) is 4.79 Å². The van der Waals surface area contributed by atoms with Crippen molar-refractivity contribution in [3.63, 3.8) is 0 Å². The number of ether oxygens (including phenoxy) is 1. The first-order valence-corrected chi connectivity index (χ1v) is 7.46. The van der Waals surface area contributed by atoms with Gasteiger partial charge in [0.25, 0.3) is 0 Å². The Hall–Kier alpha value is -1.07. The number of amides is 1. The van der Waals surface area contributed by atoms with Gasteiger partial charge in [0.1, 0.15) is 5.60 Å². The second-order valence-corrected chi connectivity index (χ2v) is 7.11. The van der Waals surface area contributed by atoms with Gasteiger partial charge in [-0.3, -0.25) is 5.32 Å². The molecule has 5 heteroatoms. The van der Waals surface area contributed by atoms with Crippen molar-refractivity contribution in [3.05, 3.63) is 28.2 Å². The van der Waals surface area contributed by atoms with Crippen molar-refractivity contribution >= 4 is 27.7 Å². The van der Waals surface area contributed by atoms with E-state index in [0.29, 0.717) is 5.69 Å². The van der Waals surface area contributed by atoms with Crippen molar-refractivity contribution in [2.75, 3.05) is 11.9 Å². The van der Waals surface area contributed by atoms with Crippen LogP contribution in [0.3, 0.4) is 0 Å². The molecule has 0 atom stereocenters. The summed E-state index contributed by atoms with van der Waals surface area (Å²) in [6, 6.07) is 5.77. The lowest BCUT2D eigenvalue weighted by Crippen LogP contribution is -2.27. The number of benzene rings is 1. The molecule has 1 aliphatic rings. The standard InChI is InChI=1S/C15H20BrNO3/c1-14(2,3)20-13(19)17-12-8-10(4-5-11(12)16)15(9-18)6-7-15/h4-5,8,18H,6-7,9H2,1-3H3,(H,17,19). The van der Waals surface area contributed by atoms with Gasteiger partial charge in [0.05, 0.1) is 12.3 Å². The fourth-order valence-electron chi connectivity index (χ4n) is 2.05. The number of rotatable bonds is 3. The number of hydrogen-bond acceptors (Lipinski definition) is 3. The quantitative estimate of drug-likeness (QED) is 0.878. The van der Waals surface area contributed by atoms with Crippen LogP contribution < -0.4 is 5.32 Å². The Morgan fingerprint density at radius 1 is 1.45 bits per heavy atom. The minimum absolute atomic E-state index is 0.120. The van der Waals surface area contributed by atoms with Crippen LogP contribution in [0.2, 0.25) is 0 Å². The monoisotopic (exact) mass is 341 g/mol. The Morgan fingerprint density at radius 3 is 2.60 bits per heavy atom. The second kappa shape index (κ2) is 5.37. The van der Waals surface area contributed by atoms with Crippen LogP contribution in [0.1, 0.15) is 39.2 Å². The predicted octanol–water partition coefficient (Wildman–Crippen LogP) is 3.82. The normalized spacial score (nSPS) is 16.6. The summed E-state index contributed by atoms with van der Waals surface area (Å²) in [4.78, 5) is 11.8. The summed E-state index contributed by atoms with van der Waals surface area (Å²) >= 11 is 3.41. The van der Waals surface area contributed by atoms with E-state index in [4.69, 9.17) is 4.74 Å². The Kier molecular flexibility index (Phi) is 4.12. The van der Waals surface area contributed by atoms with Gasteiger partial charge in [-0.1, -0.05) is 6.07 Å². The van der Waals surface area contributed by atoms with Gasteiger partial charge >= 0.3 is 6.09 Å². The molecule has 0 aliphatic heterocycles. The number of nitrogens with one attached hydrogen (secondary N) is 1. The molecule has 0 unspecified atom stereocenters. The van der Waals surface area contributed by atoms with Crippen molar-refractivity contribution in [2.45, 2.75) is 44.6 Å². The summed E-state index contributed by atoms with van der Waals surface area (Å²) in [5.74, 6) is 0. The molecular weight excluding hydrogens is 322 g/mol. The zero-order chi connectivity index (χ0) is 15.0. The van der Waals surface area contributed by atoms with Gasteiger partial charge in [0.2, 0.25) is 0 Å². The molecule has 1 aliphatic carbocycles. The Labute approximate surface area is 127 Å². The SMILES string of the molecule is CC(C)(C)OC(=O)Nc1cc(C2(CO)CC2)ccc1Br. The maximum absolute atomic E-state index is 11.8. The van der Waals surface area contributed by atoms with E-state index >= 15 is 0 Å². The molecule has 1 aromatic rings. The lowest BCUT2D eigenvalue weighted by Gasteiger charge is -2.21. The highest BCUT2D eigenvalue weighted by Gasteiger charge is 2.43. The molecule has 1 aromatic carbocycles. The first kappa shape index (κ1) is 15.3. The molecule has 0 radical (unpaired) electrons. The largest absolute Gasteiger partial charge is 0.444 e. The number of anilines is 1. The molecule has 0 saturated heterocycles. The highest BCUT2D eigenvalue weighted by atomic mass is 79.9. The molecular formula is C15H20BrNO3. The Morgan fingerprint density at radius 2 is 2.10 bits per heavy atom. The topological polar surface area (TPSA) is 58.6 Å². The molecule has 0 spiro atoms. The minimum atomic E-state index is -0.531. The van der Waals surface area contributed by atoms with E-state index in [1.807, 2.05) is 39.0 Å². The number of halogens is 1. The average Bonchev–Trinajstić information content (AvgIpc) is 3.10. The van der Waals surface area contributed by atoms with Crippen molar-refractivity contribution in [2.24, 2.45) is 0 Å². The summed E-state index contributed by atoms with van der Waals surface area (Å²) < 4.78 is 6.04. The third-order valence-corrected chi connectivity index (χ3v) is 4.06. The maximum Gasteiger partial charge on any atom is 0.412 e. The highest BCUT2D eigenvalue weighted by molar-refractivity contribution is 9.10. The van der Waals surface area contributed by atoms with E-state index < -0.39 is 11.7 Å². The van der Waals surface area contributed by atoms with E-state index in [1.54, 1.807) is 0 Å². The number of carbonyl (C=O) groups is 1.